The molecule has 0 spiro atoms. The first kappa shape index (κ1) is 15.8. The molecule has 0 aromatic carbocycles. The zero-order valence-electron chi connectivity index (χ0n) is 13.2. The summed E-state index contributed by atoms with van der Waals surface area (Å²) in [6.07, 6.45) is 8.67. The third-order valence-corrected chi connectivity index (χ3v) is 4.84. The van der Waals surface area contributed by atoms with Crippen LogP contribution in [0, 0.1) is 0 Å². The van der Waals surface area contributed by atoms with E-state index in [1.54, 1.807) is 0 Å². The molecule has 1 saturated carbocycles. The zero-order chi connectivity index (χ0) is 14.4. The number of carbonyl (C=O) groups is 1. The Morgan fingerprint density at radius 2 is 2.00 bits per heavy atom. The first-order valence-corrected chi connectivity index (χ1v) is 8.44. The Bertz CT molecular complexity index is 302. The van der Waals surface area contributed by atoms with Crippen molar-refractivity contribution in [3.05, 3.63) is 0 Å². The van der Waals surface area contributed by atoms with Gasteiger partial charge in [0, 0.05) is 25.7 Å². The minimum atomic E-state index is 0.0699. The van der Waals surface area contributed by atoms with Crippen molar-refractivity contribution in [1.29, 1.82) is 0 Å². The Hall–Kier alpha value is -0.610. The van der Waals surface area contributed by atoms with Crippen LogP contribution in [0.3, 0.4) is 0 Å². The van der Waals surface area contributed by atoms with Gasteiger partial charge in [0.1, 0.15) is 0 Å². The van der Waals surface area contributed by atoms with E-state index in [0.717, 1.165) is 51.5 Å². The van der Waals surface area contributed by atoms with Crippen molar-refractivity contribution >= 4 is 5.91 Å². The Morgan fingerprint density at radius 3 is 2.70 bits per heavy atom. The maximum absolute atomic E-state index is 12.4. The van der Waals surface area contributed by atoms with Crippen LogP contribution in [0.25, 0.3) is 0 Å². The number of carbonyl (C=O) groups excluding carboxylic acids is 1. The summed E-state index contributed by atoms with van der Waals surface area (Å²) < 4.78 is 0. The Morgan fingerprint density at radius 1 is 1.25 bits per heavy atom. The monoisotopic (exact) mass is 281 g/mol. The van der Waals surface area contributed by atoms with E-state index >= 15 is 0 Å². The molecule has 2 fully saturated rings. The average molecular weight is 281 g/mol. The van der Waals surface area contributed by atoms with Crippen molar-refractivity contribution < 1.29 is 4.79 Å². The van der Waals surface area contributed by atoms with E-state index < -0.39 is 0 Å². The van der Waals surface area contributed by atoms with Crippen LogP contribution in [-0.4, -0.2) is 61.0 Å². The molecule has 2 rings (SSSR count). The van der Waals surface area contributed by atoms with Gasteiger partial charge < -0.3 is 15.1 Å². The van der Waals surface area contributed by atoms with E-state index in [4.69, 9.17) is 0 Å². The summed E-state index contributed by atoms with van der Waals surface area (Å²) >= 11 is 0. The van der Waals surface area contributed by atoms with Gasteiger partial charge in [-0.25, -0.2) is 0 Å². The lowest BCUT2D eigenvalue weighted by atomic mass is 10.0. The Labute approximate surface area is 123 Å². The molecule has 4 heteroatoms. The van der Waals surface area contributed by atoms with Crippen LogP contribution in [-0.2, 0) is 4.79 Å². The molecule has 1 amide bonds. The first-order chi connectivity index (χ1) is 9.72. The van der Waals surface area contributed by atoms with Gasteiger partial charge in [-0.05, 0) is 45.7 Å². The highest BCUT2D eigenvalue weighted by Crippen LogP contribution is 2.22. The molecule has 1 aliphatic heterocycles. The van der Waals surface area contributed by atoms with Gasteiger partial charge in [-0.2, -0.15) is 0 Å². The lowest BCUT2D eigenvalue weighted by Crippen LogP contribution is -2.52. The lowest BCUT2D eigenvalue weighted by Gasteiger charge is -2.34. The second kappa shape index (κ2) is 7.99. The molecule has 4 nitrogen and oxygen atoms in total. The van der Waals surface area contributed by atoms with Gasteiger partial charge in [0.15, 0.2) is 0 Å². The van der Waals surface area contributed by atoms with E-state index in [2.05, 4.69) is 29.1 Å². The normalized spacial score (nSPS) is 24.9. The summed E-state index contributed by atoms with van der Waals surface area (Å²) in [6, 6.07) is 0.824. The maximum atomic E-state index is 12.4. The lowest BCUT2D eigenvalue weighted by molar-refractivity contribution is -0.136. The predicted molar refractivity (Wildman–Crippen MR) is 82.8 cm³/mol. The molecule has 116 valence electrons. The van der Waals surface area contributed by atoms with Gasteiger partial charge in [-0.1, -0.05) is 19.8 Å². The fourth-order valence-electron chi connectivity index (χ4n) is 3.48. The number of likely N-dealkylation sites (N-methyl/N-ethyl adjacent to an activating group) is 1. The summed E-state index contributed by atoms with van der Waals surface area (Å²) in [5.41, 5.74) is 0. The molecule has 1 unspecified atom stereocenters. The van der Waals surface area contributed by atoms with Gasteiger partial charge in [0.2, 0.25) is 5.91 Å². The molecule has 2 aliphatic rings. The largest absolute Gasteiger partial charge is 0.340 e. The summed E-state index contributed by atoms with van der Waals surface area (Å²) in [7, 11) is 2.22. The SMILES string of the molecule is CCCNC1CCCN(CCN(C)C2CCCC2)C1=O. The van der Waals surface area contributed by atoms with E-state index in [-0.39, 0.29) is 6.04 Å². The molecule has 1 heterocycles. The number of rotatable bonds is 7. The van der Waals surface area contributed by atoms with Crippen LogP contribution < -0.4 is 5.32 Å². The molecular weight excluding hydrogens is 250 g/mol. The minimum Gasteiger partial charge on any atom is -0.340 e. The molecular formula is C16H31N3O. The first-order valence-electron chi connectivity index (χ1n) is 8.44. The molecule has 0 bridgehead atoms. The number of likely N-dealkylation sites (tertiary alicyclic amines) is 1. The number of hydrogen-bond acceptors (Lipinski definition) is 3. The highest BCUT2D eigenvalue weighted by molar-refractivity contribution is 5.82. The fraction of sp³-hybridized carbons (Fsp3) is 0.938. The van der Waals surface area contributed by atoms with Crippen molar-refractivity contribution in [2.75, 3.05) is 33.2 Å². The van der Waals surface area contributed by atoms with Gasteiger partial charge in [-0.15, -0.1) is 0 Å². The predicted octanol–water partition coefficient (Wildman–Crippen LogP) is 1.85. The highest BCUT2D eigenvalue weighted by atomic mass is 16.2. The van der Waals surface area contributed by atoms with E-state index in [9.17, 15) is 4.79 Å². The second-order valence-corrected chi connectivity index (χ2v) is 6.39. The third kappa shape index (κ3) is 4.19. The topological polar surface area (TPSA) is 35.6 Å². The summed E-state index contributed by atoms with van der Waals surface area (Å²) in [5, 5.41) is 3.39. The second-order valence-electron chi connectivity index (χ2n) is 6.39. The summed E-state index contributed by atoms with van der Waals surface area (Å²) in [6.45, 7) is 5.97. The van der Waals surface area contributed by atoms with Crippen molar-refractivity contribution in [2.45, 2.75) is 64.0 Å². The van der Waals surface area contributed by atoms with Crippen LogP contribution >= 0.6 is 0 Å². The van der Waals surface area contributed by atoms with Crippen LogP contribution in [0.2, 0.25) is 0 Å². The number of amides is 1. The number of piperidine rings is 1. The van der Waals surface area contributed by atoms with Crippen molar-refractivity contribution in [1.82, 2.24) is 15.1 Å². The summed E-state index contributed by atoms with van der Waals surface area (Å²) in [5.74, 6) is 0.324. The van der Waals surface area contributed by atoms with E-state index in [1.807, 2.05) is 0 Å². The average Bonchev–Trinajstić information content (AvgIpc) is 2.99. The smallest absolute Gasteiger partial charge is 0.239 e. The molecule has 20 heavy (non-hydrogen) atoms. The molecule has 1 N–H and O–H groups in total. The van der Waals surface area contributed by atoms with Crippen molar-refractivity contribution in [3.8, 4) is 0 Å². The van der Waals surface area contributed by atoms with Gasteiger partial charge >= 0.3 is 0 Å². The Balaban J connectivity index is 1.74. The summed E-state index contributed by atoms with van der Waals surface area (Å²) in [4.78, 5) is 16.9. The van der Waals surface area contributed by atoms with E-state index in [0.29, 0.717) is 5.91 Å². The number of nitrogens with zero attached hydrogens (tertiary/aromatic N) is 2. The quantitative estimate of drug-likeness (QED) is 0.773. The van der Waals surface area contributed by atoms with Gasteiger partial charge in [-0.3, -0.25) is 4.79 Å². The van der Waals surface area contributed by atoms with Crippen LogP contribution in [0.4, 0.5) is 0 Å². The third-order valence-electron chi connectivity index (χ3n) is 4.84. The zero-order valence-corrected chi connectivity index (χ0v) is 13.2. The molecule has 0 radical (unpaired) electrons. The molecule has 1 atom stereocenters. The minimum absolute atomic E-state index is 0.0699. The fourth-order valence-corrected chi connectivity index (χ4v) is 3.48. The molecule has 1 aliphatic carbocycles. The number of hydrogen-bond donors (Lipinski definition) is 1. The maximum Gasteiger partial charge on any atom is 0.239 e. The highest BCUT2D eigenvalue weighted by Gasteiger charge is 2.28. The van der Waals surface area contributed by atoms with Crippen molar-refractivity contribution in [3.63, 3.8) is 0 Å². The van der Waals surface area contributed by atoms with Crippen LogP contribution in [0.1, 0.15) is 51.9 Å². The molecule has 0 aromatic heterocycles. The van der Waals surface area contributed by atoms with Crippen LogP contribution in [0.15, 0.2) is 0 Å². The van der Waals surface area contributed by atoms with Gasteiger partial charge in [0.25, 0.3) is 0 Å². The van der Waals surface area contributed by atoms with Crippen molar-refractivity contribution in [2.24, 2.45) is 0 Å². The van der Waals surface area contributed by atoms with Crippen LogP contribution in [0.5, 0.6) is 0 Å². The Kier molecular flexibility index (Phi) is 6.30. The van der Waals surface area contributed by atoms with E-state index in [1.165, 1.54) is 25.7 Å². The standard InChI is InChI=1S/C16H31N3O/c1-3-10-17-15-9-6-11-19(16(15)20)13-12-18(2)14-7-4-5-8-14/h14-15,17H,3-13H2,1-2H3. The molecule has 1 saturated heterocycles. The molecule has 0 aromatic rings. The number of nitrogens with one attached hydrogen (secondary N) is 1. The van der Waals surface area contributed by atoms with Gasteiger partial charge in [0.05, 0.1) is 6.04 Å².